The fraction of sp³-hybridized carbons (Fsp3) is 0.385. The second-order valence-electron chi connectivity index (χ2n) is 3.91. The molecule has 0 unspecified atom stereocenters. The van der Waals surface area contributed by atoms with Gasteiger partial charge in [0.25, 0.3) is 0 Å². The van der Waals surface area contributed by atoms with Crippen LogP contribution in [-0.2, 0) is 19.1 Å². The number of benzene rings is 1. The maximum absolute atomic E-state index is 11.7. The van der Waals surface area contributed by atoms with Crippen LogP contribution in [0.25, 0.3) is 0 Å². The van der Waals surface area contributed by atoms with Gasteiger partial charge in [0.05, 0.1) is 18.1 Å². The van der Waals surface area contributed by atoms with E-state index in [0.717, 1.165) is 4.47 Å². The van der Waals surface area contributed by atoms with Crippen molar-refractivity contribution in [2.24, 2.45) is 0 Å². The van der Waals surface area contributed by atoms with Gasteiger partial charge in [0.1, 0.15) is 5.75 Å². The van der Waals surface area contributed by atoms with Crippen LogP contribution in [-0.4, -0.2) is 46.0 Å². The number of hydrogen-bond acceptors (Lipinski definition) is 5. The van der Waals surface area contributed by atoms with E-state index in [1.54, 1.807) is 18.2 Å². The number of hydrogen-bond donors (Lipinski definition) is 2. The lowest BCUT2D eigenvalue weighted by molar-refractivity contribution is -0.139. The first-order valence-corrected chi connectivity index (χ1v) is 6.79. The summed E-state index contributed by atoms with van der Waals surface area (Å²) < 4.78 is 15.7. The molecule has 0 heterocycles. The van der Waals surface area contributed by atoms with Crippen molar-refractivity contribution in [3.05, 3.63) is 22.7 Å². The quantitative estimate of drug-likeness (QED) is 0.586. The molecule has 0 spiro atoms. The van der Waals surface area contributed by atoms with Gasteiger partial charge < -0.3 is 24.8 Å². The van der Waals surface area contributed by atoms with Crippen molar-refractivity contribution in [1.82, 2.24) is 5.32 Å². The fourth-order valence-corrected chi connectivity index (χ4v) is 1.85. The molecule has 0 aliphatic rings. The van der Waals surface area contributed by atoms with Crippen molar-refractivity contribution in [3.63, 3.8) is 0 Å². The lowest BCUT2D eigenvalue weighted by Crippen LogP contribution is -2.40. The number of carbonyl (C=O) groups is 2. The van der Waals surface area contributed by atoms with Gasteiger partial charge in [-0.25, -0.2) is 0 Å². The fourth-order valence-electron chi connectivity index (χ4n) is 1.44. The van der Waals surface area contributed by atoms with Gasteiger partial charge in [-0.3, -0.25) is 9.59 Å². The number of nitrogens with one attached hydrogen (secondary N) is 2. The molecule has 2 amide bonds. The molecule has 0 saturated carbocycles. The maximum atomic E-state index is 11.7. The van der Waals surface area contributed by atoms with Crippen LogP contribution in [0.4, 0.5) is 5.69 Å². The highest BCUT2D eigenvalue weighted by atomic mass is 79.9. The van der Waals surface area contributed by atoms with Crippen LogP contribution in [0.5, 0.6) is 5.75 Å². The Morgan fingerprint density at radius 3 is 2.43 bits per heavy atom. The summed E-state index contributed by atoms with van der Waals surface area (Å²) in [7, 11) is 4.39. The molecule has 2 N–H and O–H groups in total. The molecule has 0 saturated heterocycles. The van der Waals surface area contributed by atoms with Crippen LogP contribution in [0.3, 0.4) is 0 Å². The molecule has 0 atom stereocenters. The van der Waals surface area contributed by atoms with Crippen molar-refractivity contribution < 1.29 is 23.8 Å². The molecule has 1 aromatic rings. The lowest BCUT2D eigenvalue weighted by Gasteiger charge is -2.14. The molecular formula is C13H17BrN2O5. The van der Waals surface area contributed by atoms with E-state index in [1.807, 2.05) is 0 Å². The van der Waals surface area contributed by atoms with E-state index in [4.69, 9.17) is 14.2 Å². The van der Waals surface area contributed by atoms with Crippen LogP contribution in [0.2, 0.25) is 0 Å². The van der Waals surface area contributed by atoms with Crippen molar-refractivity contribution in [3.8, 4) is 5.75 Å². The third-order valence-corrected chi connectivity index (χ3v) is 3.23. The third-order valence-electron chi connectivity index (χ3n) is 2.57. The Labute approximate surface area is 131 Å². The van der Waals surface area contributed by atoms with E-state index in [0.29, 0.717) is 11.4 Å². The van der Waals surface area contributed by atoms with Gasteiger partial charge in [0.15, 0.2) is 6.29 Å². The first kappa shape index (κ1) is 17.4. The Balaban J connectivity index is 2.58. The Morgan fingerprint density at radius 2 is 1.86 bits per heavy atom. The zero-order valence-corrected chi connectivity index (χ0v) is 13.5. The summed E-state index contributed by atoms with van der Waals surface area (Å²) in [4.78, 5) is 23.4. The van der Waals surface area contributed by atoms with E-state index in [-0.39, 0.29) is 6.54 Å². The second kappa shape index (κ2) is 8.60. The van der Waals surface area contributed by atoms with Crippen molar-refractivity contribution in [1.29, 1.82) is 0 Å². The van der Waals surface area contributed by atoms with Crippen LogP contribution in [0, 0.1) is 0 Å². The van der Waals surface area contributed by atoms with Crippen molar-refractivity contribution >= 4 is 33.4 Å². The van der Waals surface area contributed by atoms with Crippen LogP contribution in [0.1, 0.15) is 0 Å². The highest BCUT2D eigenvalue weighted by Gasteiger charge is 2.16. The van der Waals surface area contributed by atoms with Gasteiger partial charge in [-0.1, -0.05) is 0 Å². The van der Waals surface area contributed by atoms with E-state index in [2.05, 4.69) is 26.6 Å². The normalized spacial score (nSPS) is 10.3. The zero-order valence-electron chi connectivity index (χ0n) is 11.9. The molecule has 116 valence electrons. The van der Waals surface area contributed by atoms with Gasteiger partial charge in [0, 0.05) is 26.0 Å². The second-order valence-corrected chi connectivity index (χ2v) is 4.77. The average Bonchev–Trinajstić information content (AvgIpc) is 2.49. The first-order valence-electron chi connectivity index (χ1n) is 6.00. The van der Waals surface area contributed by atoms with Crippen LogP contribution < -0.4 is 15.4 Å². The molecule has 1 aromatic carbocycles. The maximum Gasteiger partial charge on any atom is 0.313 e. The summed E-state index contributed by atoms with van der Waals surface area (Å²) in [6, 6.07) is 4.95. The summed E-state index contributed by atoms with van der Waals surface area (Å²) in [6.07, 6.45) is -0.602. The molecule has 8 heteroatoms. The smallest absolute Gasteiger partial charge is 0.313 e. The Morgan fingerprint density at radius 1 is 1.19 bits per heavy atom. The molecule has 7 nitrogen and oxygen atoms in total. The largest absolute Gasteiger partial charge is 0.495 e. The number of halogens is 1. The minimum absolute atomic E-state index is 0.0723. The molecule has 0 aliphatic carbocycles. The Kier molecular flexibility index (Phi) is 7.13. The molecule has 0 radical (unpaired) electrons. The summed E-state index contributed by atoms with van der Waals surface area (Å²) in [5.41, 5.74) is 0.449. The topological polar surface area (TPSA) is 85.9 Å². The third kappa shape index (κ3) is 5.33. The van der Waals surface area contributed by atoms with Gasteiger partial charge in [-0.05, 0) is 28.1 Å². The van der Waals surface area contributed by atoms with Gasteiger partial charge in [0.2, 0.25) is 0 Å². The minimum atomic E-state index is -0.787. The predicted molar refractivity (Wildman–Crippen MR) is 80.1 cm³/mol. The van der Waals surface area contributed by atoms with E-state index in [9.17, 15) is 9.59 Å². The lowest BCUT2D eigenvalue weighted by atomic mass is 10.3. The van der Waals surface area contributed by atoms with E-state index < -0.39 is 18.1 Å². The van der Waals surface area contributed by atoms with Crippen molar-refractivity contribution in [2.45, 2.75) is 6.29 Å². The minimum Gasteiger partial charge on any atom is -0.495 e. The molecule has 21 heavy (non-hydrogen) atoms. The molecule has 0 fully saturated rings. The number of methoxy groups -OCH3 is 3. The summed E-state index contributed by atoms with van der Waals surface area (Å²) >= 11 is 3.30. The van der Waals surface area contributed by atoms with E-state index >= 15 is 0 Å². The Hall–Kier alpha value is -1.64. The number of rotatable bonds is 6. The SMILES string of the molecule is COc1cc(NC(=O)C(=O)NCC(OC)OC)ccc1Br. The van der Waals surface area contributed by atoms with Crippen molar-refractivity contribution in [2.75, 3.05) is 33.2 Å². The van der Waals surface area contributed by atoms with Crippen LogP contribution in [0.15, 0.2) is 22.7 Å². The number of amides is 2. The predicted octanol–water partition coefficient (Wildman–Crippen LogP) is 1.13. The van der Waals surface area contributed by atoms with E-state index in [1.165, 1.54) is 21.3 Å². The summed E-state index contributed by atoms with van der Waals surface area (Å²) in [6.45, 7) is 0.0723. The Bertz CT molecular complexity index is 505. The molecule has 0 aliphatic heterocycles. The monoisotopic (exact) mass is 360 g/mol. The average molecular weight is 361 g/mol. The van der Waals surface area contributed by atoms with Gasteiger partial charge in [-0.2, -0.15) is 0 Å². The number of ether oxygens (including phenoxy) is 3. The van der Waals surface area contributed by atoms with Gasteiger partial charge in [-0.15, -0.1) is 0 Å². The molecule has 0 aromatic heterocycles. The van der Waals surface area contributed by atoms with Crippen LogP contribution >= 0.6 is 15.9 Å². The standard InChI is InChI=1S/C13H17BrN2O5/c1-19-10-6-8(4-5-9(10)14)16-13(18)12(17)15-7-11(20-2)21-3/h4-6,11H,7H2,1-3H3,(H,15,17)(H,16,18). The highest BCUT2D eigenvalue weighted by Crippen LogP contribution is 2.27. The summed E-state index contributed by atoms with van der Waals surface area (Å²) in [5.74, 6) is -1.02. The number of carbonyl (C=O) groups excluding carboxylic acids is 2. The molecule has 0 bridgehead atoms. The first-order chi connectivity index (χ1) is 10.0. The highest BCUT2D eigenvalue weighted by molar-refractivity contribution is 9.10. The number of anilines is 1. The van der Waals surface area contributed by atoms with Gasteiger partial charge >= 0.3 is 11.8 Å². The zero-order chi connectivity index (χ0) is 15.8. The summed E-state index contributed by atoms with van der Waals surface area (Å²) in [5, 5.41) is 4.87. The molecular weight excluding hydrogens is 344 g/mol. The molecule has 1 rings (SSSR count).